The molecule has 2 aromatic rings. The van der Waals surface area contributed by atoms with E-state index >= 15 is 0 Å². The molecule has 9 nitrogen and oxygen atoms in total. The summed E-state index contributed by atoms with van der Waals surface area (Å²) in [5, 5.41) is 13.9. The minimum Gasteiger partial charge on any atom is -0.465 e. The van der Waals surface area contributed by atoms with Gasteiger partial charge < -0.3 is 15.0 Å². The number of amides is 2. The van der Waals surface area contributed by atoms with Crippen LogP contribution in [-0.4, -0.2) is 42.3 Å². The predicted octanol–water partition coefficient (Wildman–Crippen LogP) is 3.04. The van der Waals surface area contributed by atoms with Crippen LogP contribution in [0.5, 0.6) is 0 Å². The summed E-state index contributed by atoms with van der Waals surface area (Å²) in [6.45, 7) is 2.91. The molecule has 2 amide bonds. The van der Waals surface area contributed by atoms with E-state index in [9.17, 15) is 19.7 Å². The Bertz CT molecular complexity index is 1070. The quantitative estimate of drug-likeness (QED) is 0.435. The number of aliphatic imine (C=N–C) groups is 1. The lowest BCUT2D eigenvalue weighted by Crippen LogP contribution is -2.48. The summed E-state index contributed by atoms with van der Waals surface area (Å²) in [6, 6.07) is 12.5. The zero-order valence-electron chi connectivity index (χ0n) is 17.0. The molecule has 160 valence electrons. The second-order valence-electron chi connectivity index (χ2n) is 7.41. The highest BCUT2D eigenvalue weighted by molar-refractivity contribution is 6.11. The van der Waals surface area contributed by atoms with Crippen molar-refractivity contribution in [2.24, 2.45) is 10.9 Å². The number of rotatable bonds is 6. The summed E-state index contributed by atoms with van der Waals surface area (Å²) >= 11 is 0. The molecule has 2 aromatic carbocycles. The number of nitro groups is 1. The smallest absolute Gasteiger partial charge is 0.341 e. The standard InChI is InChI=1S/C22H22N4O5/c1-2-31-21(27)19-17(13-25-11-10-14-6-3-4-9-18(14)25)23-22(28)24-20(19)15-7-5-8-16(12-15)26(29)30/h3-9,12,19-20H,2,10-11,13H2,1H3,(H,24,28). The number of nitrogens with zero attached hydrogens (tertiary/aromatic N) is 3. The average Bonchev–Trinajstić information content (AvgIpc) is 3.16. The van der Waals surface area contributed by atoms with Gasteiger partial charge in [0.15, 0.2) is 0 Å². The van der Waals surface area contributed by atoms with Crippen molar-refractivity contribution in [3.63, 3.8) is 0 Å². The Kier molecular flexibility index (Phi) is 5.66. The maximum Gasteiger partial charge on any atom is 0.341 e. The van der Waals surface area contributed by atoms with E-state index in [4.69, 9.17) is 4.74 Å². The van der Waals surface area contributed by atoms with E-state index in [1.54, 1.807) is 13.0 Å². The van der Waals surface area contributed by atoms with Crippen LogP contribution in [0.15, 0.2) is 53.5 Å². The Morgan fingerprint density at radius 1 is 1.29 bits per heavy atom. The van der Waals surface area contributed by atoms with Crippen LogP contribution < -0.4 is 10.2 Å². The van der Waals surface area contributed by atoms with Crippen molar-refractivity contribution in [3.05, 3.63) is 69.8 Å². The Morgan fingerprint density at radius 2 is 2.10 bits per heavy atom. The fourth-order valence-electron chi connectivity index (χ4n) is 4.15. The monoisotopic (exact) mass is 422 g/mol. The molecule has 0 radical (unpaired) electrons. The van der Waals surface area contributed by atoms with Gasteiger partial charge in [-0.2, -0.15) is 0 Å². The average molecular weight is 422 g/mol. The van der Waals surface area contributed by atoms with Gasteiger partial charge in [0.25, 0.3) is 5.69 Å². The van der Waals surface area contributed by atoms with E-state index in [2.05, 4.69) is 21.3 Å². The van der Waals surface area contributed by atoms with Crippen LogP contribution in [-0.2, 0) is 16.0 Å². The van der Waals surface area contributed by atoms with Crippen molar-refractivity contribution in [2.75, 3.05) is 24.6 Å². The Morgan fingerprint density at radius 3 is 2.87 bits per heavy atom. The maximum absolute atomic E-state index is 12.9. The van der Waals surface area contributed by atoms with Crippen molar-refractivity contribution >= 4 is 29.1 Å². The highest BCUT2D eigenvalue weighted by Gasteiger charge is 2.41. The first kappa shape index (κ1) is 20.5. The van der Waals surface area contributed by atoms with Crippen LogP contribution in [0.3, 0.4) is 0 Å². The summed E-state index contributed by atoms with van der Waals surface area (Å²) < 4.78 is 5.29. The minimum atomic E-state index is -0.882. The van der Waals surface area contributed by atoms with Gasteiger partial charge in [-0.25, -0.2) is 9.79 Å². The summed E-state index contributed by atoms with van der Waals surface area (Å²) in [7, 11) is 0. The first-order valence-corrected chi connectivity index (χ1v) is 10.1. The minimum absolute atomic E-state index is 0.119. The number of urea groups is 1. The molecule has 0 aliphatic carbocycles. The van der Waals surface area contributed by atoms with Gasteiger partial charge in [0.1, 0.15) is 5.92 Å². The van der Waals surface area contributed by atoms with E-state index in [0.717, 1.165) is 18.7 Å². The van der Waals surface area contributed by atoms with Crippen LogP contribution >= 0.6 is 0 Å². The van der Waals surface area contributed by atoms with Gasteiger partial charge in [-0.15, -0.1) is 0 Å². The van der Waals surface area contributed by atoms with Gasteiger partial charge in [0.2, 0.25) is 0 Å². The fourth-order valence-corrected chi connectivity index (χ4v) is 4.15. The lowest BCUT2D eigenvalue weighted by atomic mass is 9.87. The van der Waals surface area contributed by atoms with Crippen molar-refractivity contribution in [3.8, 4) is 0 Å². The van der Waals surface area contributed by atoms with E-state index in [0.29, 0.717) is 17.8 Å². The molecule has 2 aliphatic rings. The number of carbonyl (C=O) groups excluding carboxylic acids is 2. The van der Waals surface area contributed by atoms with E-state index in [1.165, 1.54) is 23.8 Å². The molecule has 0 bridgehead atoms. The number of nitrogens with one attached hydrogen (secondary N) is 1. The molecule has 2 unspecified atom stereocenters. The molecular formula is C22H22N4O5. The third kappa shape index (κ3) is 4.11. The summed E-state index contributed by atoms with van der Waals surface area (Å²) in [4.78, 5) is 42.3. The van der Waals surface area contributed by atoms with Crippen LogP contribution in [0, 0.1) is 16.0 Å². The van der Waals surface area contributed by atoms with E-state index in [-0.39, 0.29) is 12.3 Å². The molecule has 9 heteroatoms. The first-order chi connectivity index (χ1) is 15.0. The maximum atomic E-state index is 12.9. The lowest BCUT2D eigenvalue weighted by Gasteiger charge is -2.33. The molecular weight excluding hydrogens is 400 g/mol. The van der Waals surface area contributed by atoms with E-state index in [1.807, 2.05) is 18.2 Å². The zero-order valence-corrected chi connectivity index (χ0v) is 17.0. The molecule has 2 heterocycles. The number of fused-ring (bicyclic) bond motifs is 1. The number of ether oxygens (including phenoxy) is 1. The third-order valence-electron chi connectivity index (χ3n) is 5.53. The molecule has 0 saturated carbocycles. The van der Waals surface area contributed by atoms with Crippen LogP contribution in [0.25, 0.3) is 0 Å². The Labute approximate surface area is 178 Å². The highest BCUT2D eigenvalue weighted by Crippen LogP contribution is 2.33. The predicted molar refractivity (Wildman–Crippen MR) is 114 cm³/mol. The molecule has 2 aliphatic heterocycles. The van der Waals surface area contributed by atoms with Crippen molar-refractivity contribution < 1.29 is 19.2 Å². The molecule has 0 spiro atoms. The topological polar surface area (TPSA) is 114 Å². The number of non-ortho nitro benzene ring substituents is 1. The van der Waals surface area contributed by atoms with Crippen molar-refractivity contribution in [1.82, 2.24) is 5.32 Å². The fraction of sp³-hybridized carbons (Fsp3) is 0.318. The third-order valence-corrected chi connectivity index (χ3v) is 5.53. The molecule has 1 N–H and O–H groups in total. The van der Waals surface area contributed by atoms with Crippen LogP contribution in [0.1, 0.15) is 24.1 Å². The van der Waals surface area contributed by atoms with Gasteiger partial charge in [-0.1, -0.05) is 30.3 Å². The van der Waals surface area contributed by atoms with Gasteiger partial charge in [-0.3, -0.25) is 14.9 Å². The molecule has 4 rings (SSSR count). The lowest BCUT2D eigenvalue weighted by molar-refractivity contribution is -0.384. The normalized spacial score (nSPS) is 20.0. The molecule has 0 aromatic heterocycles. The van der Waals surface area contributed by atoms with Crippen LogP contribution in [0.4, 0.5) is 16.2 Å². The molecule has 0 fully saturated rings. The number of para-hydroxylation sites is 1. The largest absolute Gasteiger partial charge is 0.465 e. The first-order valence-electron chi connectivity index (χ1n) is 10.1. The van der Waals surface area contributed by atoms with Crippen molar-refractivity contribution in [2.45, 2.75) is 19.4 Å². The van der Waals surface area contributed by atoms with Gasteiger partial charge in [0, 0.05) is 24.4 Å². The summed E-state index contributed by atoms with van der Waals surface area (Å²) in [5.41, 5.74) is 2.97. The number of esters is 1. The zero-order chi connectivity index (χ0) is 22.0. The number of hydrogen-bond acceptors (Lipinski definition) is 6. The molecule has 2 atom stereocenters. The number of hydrogen-bond donors (Lipinski definition) is 1. The van der Waals surface area contributed by atoms with Gasteiger partial charge in [0.05, 0.1) is 29.8 Å². The second-order valence-corrected chi connectivity index (χ2v) is 7.41. The van der Waals surface area contributed by atoms with Crippen LogP contribution in [0.2, 0.25) is 0 Å². The summed E-state index contributed by atoms with van der Waals surface area (Å²) in [6.07, 6.45) is 0.869. The van der Waals surface area contributed by atoms with Gasteiger partial charge in [-0.05, 0) is 30.5 Å². The second kappa shape index (κ2) is 8.55. The number of nitro benzene ring substituents is 1. The number of anilines is 1. The molecule has 31 heavy (non-hydrogen) atoms. The number of carbonyl (C=O) groups is 2. The highest BCUT2D eigenvalue weighted by atomic mass is 16.6. The van der Waals surface area contributed by atoms with Crippen molar-refractivity contribution in [1.29, 1.82) is 0 Å². The Hall–Kier alpha value is -3.75. The van der Waals surface area contributed by atoms with Gasteiger partial charge >= 0.3 is 12.0 Å². The summed E-state index contributed by atoms with van der Waals surface area (Å²) in [5.74, 6) is -1.40. The van der Waals surface area contributed by atoms with E-state index < -0.39 is 28.9 Å². The SMILES string of the molecule is CCOC(=O)C1C(CN2CCc3ccccc32)=NC(=O)NC1c1cccc([N+](=O)[O-])c1. The molecule has 0 saturated heterocycles. The number of benzene rings is 2. The Balaban J connectivity index is 1.70.